The number of carbonyl (C=O) groups excluding carboxylic acids is 1. The number of amides is 1. The standard InChI is InChI=1S/C25H28F3N9O4S/c1-4-21(38)31-16-6-5-7-17(14-16)32-22-18(25(26,27)28)15-30-24(35-22)33-19-8-9-20(34-23(19)41-3)36-10-12-37(13-11-36)42(39,40)29-2/h4-9,14-15,29H,1,10-13H2,2-3H3,(H,31,38)(H2,30,32,33,35). The smallest absolute Gasteiger partial charge is 0.421 e. The van der Waals surface area contributed by atoms with Gasteiger partial charge < -0.3 is 25.6 Å². The number of piperazine rings is 1. The Hall–Kier alpha value is -4.48. The van der Waals surface area contributed by atoms with Crippen molar-refractivity contribution in [3.8, 4) is 5.88 Å². The Morgan fingerprint density at radius 2 is 1.79 bits per heavy atom. The van der Waals surface area contributed by atoms with Crippen molar-refractivity contribution < 1.29 is 31.1 Å². The Labute approximate surface area is 240 Å². The number of rotatable bonds is 10. The van der Waals surface area contributed by atoms with Crippen molar-refractivity contribution in [3.63, 3.8) is 0 Å². The van der Waals surface area contributed by atoms with Gasteiger partial charge in [-0.05, 0) is 36.4 Å². The fraction of sp³-hybridized carbons (Fsp3) is 0.280. The third-order valence-electron chi connectivity index (χ3n) is 6.12. The summed E-state index contributed by atoms with van der Waals surface area (Å²) < 4.78 is 74.4. The van der Waals surface area contributed by atoms with Crippen molar-refractivity contribution in [1.82, 2.24) is 24.0 Å². The lowest BCUT2D eigenvalue weighted by molar-refractivity contribution is -0.137. The van der Waals surface area contributed by atoms with Crippen molar-refractivity contribution in [2.24, 2.45) is 0 Å². The molecule has 4 N–H and O–H groups in total. The predicted octanol–water partition coefficient (Wildman–Crippen LogP) is 3.10. The number of methoxy groups -OCH3 is 1. The Kier molecular flexibility index (Phi) is 9.13. The highest BCUT2D eigenvalue weighted by Crippen LogP contribution is 2.36. The van der Waals surface area contributed by atoms with Crippen molar-refractivity contribution in [2.45, 2.75) is 6.18 Å². The molecule has 1 aliphatic heterocycles. The van der Waals surface area contributed by atoms with Crippen LogP contribution in [0.25, 0.3) is 0 Å². The molecule has 2 aromatic heterocycles. The van der Waals surface area contributed by atoms with Gasteiger partial charge in [0.25, 0.3) is 10.2 Å². The highest BCUT2D eigenvalue weighted by Gasteiger charge is 2.35. The van der Waals surface area contributed by atoms with Gasteiger partial charge in [-0.2, -0.15) is 35.9 Å². The maximum absolute atomic E-state index is 13.8. The van der Waals surface area contributed by atoms with Crippen LogP contribution in [0.2, 0.25) is 0 Å². The van der Waals surface area contributed by atoms with E-state index in [-0.39, 0.29) is 36.3 Å². The van der Waals surface area contributed by atoms with Gasteiger partial charge in [0.2, 0.25) is 17.7 Å². The number of hydrogen-bond acceptors (Lipinski definition) is 10. The lowest BCUT2D eigenvalue weighted by Crippen LogP contribution is -2.51. The van der Waals surface area contributed by atoms with Gasteiger partial charge in [-0.1, -0.05) is 12.6 Å². The molecule has 0 aliphatic carbocycles. The summed E-state index contributed by atoms with van der Waals surface area (Å²) in [5.74, 6) is -0.515. The molecule has 0 radical (unpaired) electrons. The number of hydrogen-bond donors (Lipinski definition) is 4. The first kappa shape index (κ1) is 30.5. The second-order valence-corrected chi connectivity index (χ2v) is 10.7. The molecule has 1 saturated heterocycles. The molecule has 0 unspecified atom stereocenters. The quantitative estimate of drug-likeness (QED) is 0.253. The summed E-state index contributed by atoms with van der Waals surface area (Å²) in [5.41, 5.74) is -0.240. The van der Waals surface area contributed by atoms with Crippen LogP contribution in [-0.2, 0) is 21.2 Å². The van der Waals surface area contributed by atoms with E-state index in [0.29, 0.717) is 30.8 Å². The largest absolute Gasteiger partial charge is 0.479 e. The Morgan fingerprint density at radius 1 is 1.07 bits per heavy atom. The van der Waals surface area contributed by atoms with E-state index < -0.39 is 33.7 Å². The van der Waals surface area contributed by atoms with Gasteiger partial charge in [-0.25, -0.2) is 9.71 Å². The fourth-order valence-electron chi connectivity index (χ4n) is 4.01. The van der Waals surface area contributed by atoms with Crippen LogP contribution in [0.4, 0.5) is 47.8 Å². The number of carbonyl (C=O) groups is 1. The SMILES string of the molecule is C=CC(=O)Nc1cccc(Nc2nc(Nc3ccc(N4CCN(S(=O)(=O)NC)CC4)nc3OC)ncc2C(F)(F)F)c1. The molecule has 1 aromatic carbocycles. The third-order valence-corrected chi connectivity index (χ3v) is 7.68. The van der Waals surface area contributed by atoms with E-state index in [2.05, 4.69) is 42.2 Å². The highest BCUT2D eigenvalue weighted by molar-refractivity contribution is 7.87. The first-order valence-electron chi connectivity index (χ1n) is 12.4. The van der Waals surface area contributed by atoms with Crippen LogP contribution >= 0.6 is 0 Å². The minimum atomic E-state index is -4.76. The zero-order chi connectivity index (χ0) is 30.5. The number of nitrogens with one attached hydrogen (secondary N) is 4. The molecule has 13 nitrogen and oxygen atoms in total. The van der Waals surface area contributed by atoms with E-state index >= 15 is 0 Å². The van der Waals surface area contributed by atoms with E-state index in [1.54, 1.807) is 24.3 Å². The fourth-order valence-corrected chi connectivity index (χ4v) is 4.92. The van der Waals surface area contributed by atoms with Crippen LogP contribution in [0, 0.1) is 0 Å². The molecule has 1 fully saturated rings. The molecule has 42 heavy (non-hydrogen) atoms. The predicted molar refractivity (Wildman–Crippen MR) is 151 cm³/mol. The molecular weight excluding hydrogens is 579 g/mol. The number of alkyl halides is 3. The number of ether oxygens (including phenoxy) is 1. The van der Waals surface area contributed by atoms with Crippen LogP contribution in [0.3, 0.4) is 0 Å². The van der Waals surface area contributed by atoms with Crippen molar-refractivity contribution in [1.29, 1.82) is 0 Å². The Morgan fingerprint density at radius 3 is 2.43 bits per heavy atom. The molecule has 0 saturated carbocycles. The van der Waals surface area contributed by atoms with Crippen LogP contribution in [0.5, 0.6) is 5.88 Å². The number of anilines is 6. The van der Waals surface area contributed by atoms with Gasteiger partial charge in [-0.3, -0.25) is 4.79 Å². The lowest BCUT2D eigenvalue weighted by Gasteiger charge is -2.34. The first-order chi connectivity index (χ1) is 19.9. The zero-order valence-electron chi connectivity index (χ0n) is 22.6. The molecule has 224 valence electrons. The third kappa shape index (κ3) is 7.23. The topological polar surface area (TPSA) is 154 Å². The lowest BCUT2D eigenvalue weighted by atomic mass is 10.2. The van der Waals surface area contributed by atoms with Crippen molar-refractivity contribution in [2.75, 3.05) is 61.2 Å². The second kappa shape index (κ2) is 12.6. The van der Waals surface area contributed by atoms with Gasteiger partial charge >= 0.3 is 6.18 Å². The van der Waals surface area contributed by atoms with Gasteiger partial charge in [0, 0.05) is 50.8 Å². The van der Waals surface area contributed by atoms with Gasteiger partial charge in [0.05, 0.1) is 7.11 Å². The summed E-state index contributed by atoms with van der Waals surface area (Å²) in [6.45, 7) is 4.66. The molecule has 0 spiro atoms. The summed E-state index contributed by atoms with van der Waals surface area (Å²) in [7, 11) is -0.801. The molecule has 0 atom stereocenters. The van der Waals surface area contributed by atoms with Crippen LogP contribution < -0.4 is 30.3 Å². The van der Waals surface area contributed by atoms with Gasteiger partial charge in [-0.15, -0.1) is 0 Å². The summed E-state index contributed by atoms with van der Waals surface area (Å²) in [4.78, 5) is 25.8. The second-order valence-electron chi connectivity index (χ2n) is 8.80. The summed E-state index contributed by atoms with van der Waals surface area (Å²) >= 11 is 0. The molecule has 1 aliphatic rings. The molecule has 3 heterocycles. The normalized spacial score (nSPS) is 14.3. The van der Waals surface area contributed by atoms with Gasteiger partial charge in [0.15, 0.2) is 0 Å². The summed E-state index contributed by atoms with van der Waals surface area (Å²) in [6, 6.07) is 9.34. The van der Waals surface area contributed by atoms with Crippen molar-refractivity contribution in [3.05, 3.63) is 60.8 Å². The first-order valence-corrected chi connectivity index (χ1v) is 13.9. The Bertz CT molecular complexity index is 1560. The van der Waals surface area contributed by atoms with Crippen molar-refractivity contribution >= 4 is 50.8 Å². The minimum absolute atomic E-state index is 0.126. The number of aromatic nitrogens is 3. The number of pyridine rings is 1. The number of nitrogens with zero attached hydrogens (tertiary/aromatic N) is 5. The van der Waals surface area contributed by atoms with Gasteiger partial charge in [0.1, 0.15) is 22.9 Å². The average molecular weight is 608 g/mol. The van der Waals surface area contributed by atoms with E-state index in [4.69, 9.17) is 4.74 Å². The van der Waals surface area contributed by atoms with E-state index in [1.807, 2.05) is 4.90 Å². The van der Waals surface area contributed by atoms with E-state index in [9.17, 15) is 26.4 Å². The Balaban J connectivity index is 1.55. The molecule has 17 heteroatoms. The molecular formula is C25H28F3N9O4S. The van der Waals surface area contributed by atoms with E-state index in [1.165, 1.54) is 30.6 Å². The number of benzene rings is 1. The van der Waals surface area contributed by atoms with Crippen LogP contribution in [-0.4, -0.2) is 73.9 Å². The molecule has 1 amide bonds. The van der Waals surface area contributed by atoms with E-state index in [0.717, 1.165) is 6.08 Å². The maximum Gasteiger partial charge on any atom is 0.421 e. The highest BCUT2D eigenvalue weighted by atomic mass is 32.2. The molecule has 4 rings (SSSR count). The monoisotopic (exact) mass is 607 g/mol. The average Bonchev–Trinajstić information content (AvgIpc) is 2.97. The molecule has 0 bridgehead atoms. The van der Waals surface area contributed by atoms with Crippen LogP contribution in [0.15, 0.2) is 55.3 Å². The summed E-state index contributed by atoms with van der Waals surface area (Å²) in [5, 5.41) is 8.02. The van der Waals surface area contributed by atoms with Crippen LogP contribution in [0.1, 0.15) is 5.56 Å². The maximum atomic E-state index is 13.8. The zero-order valence-corrected chi connectivity index (χ0v) is 23.4. The number of halogens is 3. The summed E-state index contributed by atoms with van der Waals surface area (Å²) in [6.07, 6.45) is -3.04. The molecule has 3 aromatic rings. The minimum Gasteiger partial charge on any atom is -0.479 e.